The molecule has 3 rings (SSSR count). The van der Waals surface area contributed by atoms with Crippen LogP contribution in [0.4, 0.5) is 0 Å². The predicted molar refractivity (Wildman–Crippen MR) is 70.2 cm³/mol. The molecule has 3 nitrogen and oxygen atoms in total. The van der Waals surface area contributed by atoms with Crippen molar-refractivity contribution in [1.82, 2.24) is 9.55 Å². The zero-order valence-electron chi connectivity index (χ0n) is 10.0. The van der Waals surface area contributed by atoms with Gasteiger partial charge in [0.2, 0.25) is 0 Å². The quantitative estimate of drug-likeness (QED) is 0.903. The summed E-state index contributed by atoms with van der Waals surface area (Å²) in [6.45, 7) is 0. The van der Waals surface area contributed by atoms with Gasteiger partial charge in [-0.3, -0.25) is 0 Å². The summed E-state index contributed by atoms with van der Waals surface area (Å²) in [5.74, 6) is 1.06. The summed E-state index contributed by atoms with van der Waals surface area (Å²) in [7, 11) is 2.02. The predicted octanol–water partition coefficient (Wildman–Crippen LogP) is 2.21. The first kappa shape index (κ1) is 11.0. The highest BCUT2D eigenvalue weighted by Crippen LogP contribution is 2.33. The Kier molecular flexibility index (Phi) is 2.76. The zero-order valence-corrected chi connectivity index (χ0v) is 10.8. The highest BCUT2D eigenvalue weighted by Gasteiger charge is 2.19. The normalized spacial score (nSPS) is 16.1. The molecule has 0 saturated heterocycles. The van der Waals surface area contributed by atoms with Crippen molar-refractivity contribution >= 4 is 11.3 Å². The van der Waals surface area contributed by atoms with Gasteiger partial charge in [0.15, 0.2) is 0 Å². The Hall–Kier alpha value is -1.13. The lowest BCUT2D eigenvalue weighted by Crippen LogP contribution is -2.14. The van der Waals surface area contributed by atoms with Gasteiger partial charge in [0, 0.05) is 41.7 Å². The highest BCUT2D eigenvalue weighted by atomic mass is 32.1. The number of nitrogens with zero attached hydrogens (tertiary/aromatic N) is 2. The summed E-state index contributed by atoms with van der Waals surface area (Å²) >= 11 is 1.90. The summed E-state index contributed by atoms with van der Waals surface area (Å²) in [6.07, 6.45) is 8.42. The van der Waals surface area contributed by atoms with Gasteiger partial charge in [0.1, 0.15) is 5.82 Å². The molecule has 0 amide bonds. The van der Waals surface area contributed by atoms with Crippen molar-refractivity contribution in [3.05, 3.63) is 39.6 Å². The molecule has 0 radical (unpaired) electrons. The SMILES string of the molecule is Cn1ccnc1CC(N)c1cc2c(s1)CCC2. The first-order chi connectivity index (χ1) is 8.24. The number of aryl methyl sites for hydroxylation is 3. The van der Waals surface area contributed by atoms with Crippen LogP contribution in [-0.2, 0) is 26.3 Å². The first-order valence-corrected chi connectivity index (χ1v) is 6.89. The number of rotatable bonds is 3. The summed E-state index contributed by atoms with van der Waals surface area (Å²) < 4.78 is 2.04. The summed E-state index contributed by atoms with van der Waals surface area (Å²) in [5.41, 5.74) is 7.80. The van der Waals surface area contributed by atoms with Gasteiger partial charge in [0.05, 0.1) is 0 Å². The van der Waals surface area contributed by atoms with E-state index in [4.69, 9.17) is 5.73 Å². The fourth-order valence-electron chi connectivity index (χ4n) is 2.43. The third-order valence-corrected chi connectivity index (χ3v) is 4.82. The van der Waals surface area contributed by atoms with E-state index >= 15 is 0 Å². The van der Waals surface area contributed by atoms with Crippen molar-refractivity contribution in [2.45, 2.75) is 31.7 Å². The molecule has 90 valence electrons. The van der Waals surface area contributed by atoms with Gasteiger partial charge in [-0.15, -0.1) is 11.3 Å². The molecule has 0 saturated carbocycles. The maximum absolute atomic E-state index is 6.27. The molecule has 4 heteroatoms. The van der Waals surface area contributed by atoms with E-state index in [1.54, 1.807) is 4.88 Å². The molecule has 2 heterocycles. The minimum atomic E-state index is 0.0895. The lowest BCUT2D eigenvalue weighted by molar-refractivity contribution is 0.668. The molecular formula is C13H17N3S. The molecule has 1 atom stereocenters. The topological polar surface area (TPSA) is 43.8 Å². The van der Waals surface area contributed by atoms with Crippen LogP contribution in [0.2, 0.25) is 0 Å². The highest BCUT2D eigenvalue weighted by molar-refractivity contribution is 7.12. The minimum Gasteiger partial charge on any atom is -0.338 e. The Morgan fingerprint density at radius 1 is 1.53 bits per heavy atom. The Labute approximate surface area is 105 Å². The molecule has 0 bridgehead atoms. The largest absolute Gasteiger partial charge is 0.338 e. The molecule has 0 spiro atoms. The second-order valence-electron chi connectivity index (χ2n) is 4.72. The van der Waals surface area contributed by atoms with Crippen molar-refractivity contribution in [3.63, 3.8) is 0 Å². The van der Waals surface area contributed by atoms with Crippen LogP contribution in [0, 0.1) is 0 Å². The Morgan fingerprint density at radius 2 is 2.41 bits per heavy atom. The lowest BCUT2D eigenvalue weighted by Gasteiger charge is -2.09. The Morgan fingerprint density at radius 3 is 3.12 bits per heavy atom. The van der Waals surface area contributed by atoms with Crippen LogP contribution in [0.25, 0.3) is 0 Å². The number of thiophene rings is 1. The Bertz CT molecular complexity index is 505. The van der Waals surface area contributed by atoms with E-state index in [1.165, 1.54) is 29.7 Å². The van der Waals surface area contributed by atoms with E-state index in [-0.39, 0.29) is 6.04 Å². The number of fused-ring (bicyclic) bond motifs is 1. The molecular weight excluding hydrogens is 230 g/mol. The number of aromatic nitrogens is 2. The summed E-state index contributed by atoms with van der Waals surface area (Å²) in [4.78, 5) is 7.20. The van der Waals surface area contributed by atoms with Crippen LogP contribution < -0.4 is 5.73 Å². The van der Waals surface area contributed by atoms with E-state index in [0.29, 0.717) is 0 Å². The average molecular weight is 247 g/mol. The van der Waals surface area contributed by atoms with E-state index < -0.39 is 0 Å². The Balaban J connectivity index is 1.77. The van der Waals surface area contributed by atoms with Crippen LogP contribution in [0.1, 0.15) is 33.6 Å². The average Bonchev–Trinajstić information content (AvgIpc) is 2.93. The fourth-order valence-corrected chi connectivity index (χ4v) is 3.68. The minimum absolute atomic E-state index is 0.0895. The molecule has 1 unspecified atom stereocenters. The van der Waals surface area contributed by atoms with Crippen LogP contribution in [0.15, 0.2) is 18.5 Å². The summed E-state index contributed by atoms with van der Waals surface area (Å²) in [6, 6.07) is 2.40. The van der Waals surface area contributed by atoms with Gasteiger partial charge in [-0.2, -0.15) is 0 Å². The van der Waals surface area contributed by atoms with Crippen LogP contribution in [-0.4, -0.2) is 9.55 Å². The number of hydrogen-bond acceptors (Lipinski definition) is 3. The maximum Gasteiger partial charge on any atom is 0.110 e. The monoisotopic (exact) mass is 247 g/mol. The molecule has 2 aromatic rings. The van der Waals surface area contributed by atoms with Crippen molar-refractivity contribution in [2.24, 2.45) is 12.8 Å². The molecule has 2 aromatic heterocycles. The lowest BCUT2D eigenvalue weighted by atomic mass is 10.1. The first-order valence-electron chi connectivity index (χ1n) is 6.07. The van der Waals surface area contributed by atoms with Crippen LogP contribution in [0.5, 0.6) is 0 Å². The zero-order chi connectivity index (χ0) is 11.8. The van der Waals surface area contributed by atoms with Crippen LogP contribution in [0.3, 0.4) is 0 Å². The fraction of sp³-hybridized carbons (Fsp3) is 0.462. The molecule has 0 aromatic carbocycles. The van der Waals surface area contributed by atoms with Crippen molar-refractivity contribution in [3.8, 4) is 0 Å². The maximum atomic E-state index is 6.27. The third-order valence-electron chi connectivity index (χ3n) is 3.45. The van der Waals surface area contributed by atoms with Gasteiger partial charge >= 0.3 is 0 Å². The van der Waals surface area contributed by atoms with E-state index in [2.05, 4.69) is 11.1 Å². The number of nitrogens with two attached hydrogens (primary N) is 1. The summed E-state index contributed by atoms with van der Waals surface area (Å²) in [5, 5.41) is 0. The van der Waals surface area contributed by atoms with E-state index in [0.717, 1.165) is 12.2 Å². The van der Waals surface area contributed by atoms with E-state index in [9.17, 15) is 0 Å². The van der Waals surface area contributed by atoms with Gasteiger partial charge in [-0.05, 0) is 30.9 Å². The molecule has 0 fully saturated rings. The number of hydrogen-bond donors (Lipinski definition) is 1. The van der Waals surface area contributed by atoms with Gasteiger partial charge in [-0.25, -0.2) is 4.98 Å². The second-order valence-corrected chi connectivity index (χ2v) is 5.88. The van der Waals surface area contributed by atoms with E-state index in [1.807, 2.05) is 35.3 Å². The molecule has 2 N–H and O–H groups in total. The molecule has 1 aliphatic rings. The molecule has 17 heavy (non-hydrogen) atoms. The third kappa shape index (κ3) is 2.03. The smallest absolute Gasteiger partial charge is 0.110 e. The molecule has 1 aliphatic carbocycles. The van der Waals surface area contributed by atoms with Gasteiger partial charge in [0.25, 0.3) is 0 Å². The van der Waals surface area contributed by atoms with Gasteiger partial charge < -0.3 is 10.3 Å². The molecule has 0 aliphatic heterocycles. The van der Waals surface area contributed by atoms with Crippen molar-refractivity contribution in [1.29, 1.82) is 0 Å². The van der Waals surface area contributed by atoms with Crippen molar-refractivity contribution < 1.29 is 0 Å². The standard InChI is InChI=1S/C13H17N3S/c1-16-6-5-15-13(16)8-10(14)12-7-9-3-2-4-11(9)17-12/h5-7,10H,2-4,8,14H2,1H3. The number of imidazole rings is 1. The van der Waals surface area contributed by atoms with Crippen LogP contribution >= 0.6 is 11.3 Å². The van der Waals surface area contributed by atoms with Gasteiger partial charge in [-0.1, -0.05) is 0 Å². The van der Waals surface area contributed by atoms with Crippen molar-refractivity contribution in [2.75, 3.05) is 0 Å². The second kappa shape index (κ2) is 4.27.